The molecule has 0 bridgehead atoms. The van der Waals surface area contributed by atoms with Crippen molar-refractivity contribution in [3.8, 4) is 11.1 Å². The number of hydrogen-bond donors (Lipinski definition) is 1. The Labute approximate surface area is 162 Å². The summed E-state index contributed by atoms with van der Waals surface area (Å²) in [7, 11) is 0. The number of rotatable bonds is 8. The van der Waals surface area contributed by atoms with Crippen LogP contribution in [0.25, 0.3) is 11.1 Å². The van der Waals surface area contributed by atoms with Gasteiger partial charge in [0.1, 0.15) is 0 Å². The van der Waals surface area contributed by atoms with Crippen molar-refractivity contribution in [2.24, 2.45) is 5.92 Å². The van der Waals surface area contributed by atoms with E-state index in [9.17, 15) is 4.79 Å². The molecular weight excluding hydrogens is 336 g/mol. The van der Waals surface area contributed by atoms with Crippen molar-refractivity contribution in [1.29, 1.82) is 0 Å². The van der Waals surface area contributed by atoms with Gasteiger partial charge in [-0.25, -0.2) is 9.97 Å². The number of carbonyl (C=O) groups is 1. The van der Waals surface area contributed by atoms with E-state index in [4.69, 9.17) is 0 Å². The second-order valence-corrected chi connectivity index (χ2v) is 7.25. The second-order valence-electron chi connectivity index (χ2n) is 7.25. The molecule has 27 heavy (non-hydrogen) atoms. The number of amides is 1. The lowest BCUT2D eigenvalue weighted by Gasteiger charge is -2.31. The van der Waals surface area contributed by atoms with Gasteiger partial charge in [0.25, 0.3) is 0 Å². The predicted molar refractivity (Wildman–Crippen MR) is 110 cm³/mol. The number of anilines is 1. The van der Waals surface area contributed by atoms with Crippen molar-refractivity contribution in [3.63, 3.8) is 0 Å². The Hall–Kier alpha value is -2.43. The first kappa shape index (κ1) is 19.3. The van der Waals surface area contributed by atoms with E-state index in [1.807, 2.05) is 30.6 Å². The van der Waals surface area contributed by atoms with E-state index in [2.05, 4.69) is 39.2 Å². The Bertz CT molecular complexity index is 694. The number of aromatic nitrogens is 2. The smallest absolute Gasteiger partial charge is 0.225 e. The van der Waals surface area contributed by atoms with E-state index < -0.39 is 0 Å². The van der Waals surface area contributed by atoms with Gasteiger partial charge >= 0.3 is 0 Å². The molecular formula is C22H30N4O. The number of nitrogens with one attached hydrogen (secondary N) is 1. The molecule has 2 heterocycles. The van der Waals surface area contributed by atoms with Crippen LogP contribution in [0.3, 0.4) is 0 Å². The molecule has 1 aromatic carbocycles. The third-order valence-corrected chi connectivity index (χ3v) is 5.22. The molecule has 1 aliphatic rings. The van der Waals surface area contributed by atoms with Crippen LogP contribution >= 0.6 is 0 Å². The molecule has 0 atom stereocenters. The van der Waals surface area contributed by atoms with Crippen LogP contribution in [-0.4, -0.2) is 35.5 Å². The molecule has 0 aliphatic carbocycles. The summed E-state index contributed by atoms with van der Waals surface area (Å²) in [5.74, 6) is 1.09. The van der Waals surface area contributed by atoms with Crippen molar-refractivity contribution in [2.45, 2.75) is 45.4 Å². The van der Waals surface area contributed by atoms with Crippen molar-refractivity contribution >= 4 is 11.9 Å². The minimum absolute atomic E-state index is 0.121. The first-order chi connectivity index (χ1) is 13.3. The average molecular weight is 367 g/mol. The summed E-state index contributed by atoms with van der Waals surface area (Å²) in [6.07, 6.45) is 10.2. The number of benzene rings is 1. The molecule has 1 aromatic heterocycles. The summed E-state index contributed by atoms with van der Waals surface area (Å²) in [5, 5.41) is 3.10. The second kappa shape index (κ2) is 10.0. The Morgan fingerprint density at radius 1 is 1.04 bits per heavy atom. The molecule has 3 rings (SSSR count). The average Bonchev–Trinajstić information content (AvgIpc) is 2.74. The Morgan fingerprint density at radius 3 is 2.41 bits per heavy atom. The molecule has 0 spiro atoms. The van der Waals surface area contributed by atoms with Crippen molar-refractivity contribution in [3.05, 3.63) is 42.7 Å². The van der Waals surface area contributed by atoms with Crippen LogP contribution in [0, 0.1) is 5.92 Å². The van der Waals surface area contributed by atoms with Crippen LogP contribution < -0.4 is 10.2 Å². The van der Waals surface area contributed by atoms with E-state index in [1.54, 1.807) is 0 Å². The minimum atomic E-state index is 0.121. The highest BCUT2D eigenvalue weighted by molar-refractivity contribution is 5.78. The van der Waals surface area contributed by atoms with Gasteiger partial charge in [-0.05, 0) is 24.8 Å². The van der Waals surface area contributed by atoms with Gasteiger partial charge in [-0.1, -0.05) is 56.5 Å². The molecule has 1 amide bonds. The third-order valence-electron chi connectivity index (χ3n) is 5.22. The molecule has 1 aliphatic heterocycles. The van der Waals surface area contributed by atoms with Gasteiger partial charge in [0.05, 0.1) is 0 Å². The zero-order valence-corrected chi connectivity index (χ0v) is 16.2. The van der Waals surface area contributed by atoms with Gasteiger partial charge < -0.3 is 10.2 Å². The normalized spacial score (nSPS) is 14.9. The quantitative estimate of drug-likeness (QED) is 0.716. The van der Waals surface area contributed by atoms with Crippen molar-refractivity contribution in [2.75, 3.05) is 24.5 Å². The topological polar surface area (TPSA) is 58.1 Å². The van der Waals surface area contributed by atoms with Crippen LogP contribution in [0.5, 0.6) is 0 Å². The SMILES string of the molecule is CCCCCCNC(=O)C1CCN(c2ncc(-c3ccccc3)cn2)CC1. The lowest BCUT2D eigenvalue weighted by molar-refractivity contribution is -0.125. The van der Waals surface area contributed by atoms with Gasteiger partial charge in [0.15, 0.2) is 0 Å². The van der Waals surface area contributed by atoms with Gasteiger partial charge in [-0.3, -0.25) is 4.79 Å². The van der Waals surface area contributed by atoms with Crippen molar-refractivity contribution in [1.82, 2.24) is 15.3 Å². The molecule has 144 valence electrons. The highest BCUT2D eigenvalue weighted by atomic mass is 16.1. The fraction of sp³-hybridized carbons (Fsp3) is 0.500. The number of carbonyl (C=O) groups excluding carboxylic acids is 1. The highest BCUT2D eigenvalue weighted by Gasteiger charge is 2.25. The molecule has 0 radical (unpaired) electrons. The summed E-state index contributed by atoms with van der Waals surface area (Å²) >= 11 is 0. The first-order valence-electron chi connectivity index (χ1n) is 10.2. The molecule has 1 saturated heterocycles. The maximum absolute atomic E-state index is 12.3. The number of unbranched alkanes of at least 4 members (excludes halogenated alkanes) is 3. The highest BCUT2D eigenvalue weighted by Crippen LogP contribution is 2.23. The summed E-state index contributed by atoms with van der Waals surface area (Å²) in [6.45, 7) is 4.67. The minimum Gasteiger partial charge on any atom is -0.356 e. The number of nitrogens with zero attached hydrogens (tertiary/aromatic N) is 3. The van der Waals surface area contributed by atoms with Crippen LogP contribution in [0.2, 0.25) is 0 Å². The summed E-state index contributed by atoms with van der Waals surface area (Å²) < 4.78 is 0. The number of hydrogen-bond acceptors (Lipinski definition) is 4. The Morgan fingerprint density at radius 2 is 1.74 bits per heavy atom. The maximum Gasteiger partial charge on any atom is 0.225 e. The van der Waals surface area contributed by atoms with E-state index in [-0.39, 0.29) is 11.8 Å². The Kier molecular flexibility index (Phi) is 7.19. The van der Waals surface area contributed by atoms with Crippen molar-refractivity contribution < 1.29 is 4.79 Å². The third kappa shape index (κ3) is 5.52. The van der Waals surface area contributed by atoms with Gasteiger partial charge in [-0.2, -0.15) is 0 Å². The zero-order valence-electron chi connectivity index (χ0n) is 16.2. The molecule has 0 saturated carbocycles. The van der Waals surface area contributed by atoms with E-state index in [1.165, 1.54) is 19.3 Å². The van der Waals surface area contributed by atoms with Crippen LogP contribution in [0.4, 0.5) is 5.95 Å². The summed E-state index contributed by atoms with van der Waals surface area (Å²) in [4.78, 5) is 23.6. The van der Waals surface area contributed by atoms with E-state index in [0.29, 0.717) is 0 Å². The van der Waals surface area contributed by atoms with Crippen LogP contribution in [0.1, 0.15) is 45.4 Å². The number of piperidine rings is 1. The lowest BCUT2D eigenvalue weighted by Crippen LogP contribution is -2.41. The molecule has 2 aromatic rings. The summed E-state index contributed by atoms with van der Waals surface area (Å²) in [6, 6.07) is 10.2. The largest absolute Gasteiger partial charge is 0.356 e. The van der Waals surface area contributed by atoms with Gasteiger partial charge in [0, 0.05) is 43.5 Å². The molecule has 5 nitrogen and oxygen atoms in total. The van der Waals surface area contributed by atoms with E-state index in [0.717, 1.165) is 56.0 Å². The van der Waals surface area contributed by atoms with Crippen LogP contribution in [-0.2, 0) is 4.79 Å². The lowest BCUT2D eigenvalue weighted by atomic mass is 9.96. The zero-order chi connectivity index (χ0) is 18.9. The standard InChI is InChI=1S/C22H30N4O/c1-2-3-4-8-13-23-21(27)19-11-14-26(15-12-19)22-24-16-20(17-25-22)18-9-6-5-7-10-18/h5-7,9-10,16-17,19H,2-4,8,11-15H2,1H3,(H,23,27). The monoisotopic (exact) mass is 366 g/mol. The molecule has 0 unspecified atom stereocenters. The maximum atomic E-state index is 12.3. The van der Waals surface area contributed by atoms with Gasteiger partial charge in [-0.15, -0.1) is 0 Å². The van der Waals surface area contributed by atoms with Gasteiger partial charge in [0.2, 0.25) is 11.9 Å². The van der Waals surface area contributed by atoms with E-state index >= 15 is 0 Å². The summed E-state index contributed by atoms with van der Waals surface area (Å²) in [5.41, 5.74) is 2.15. The Balaban J connectivity index is 1.45. The fourth-order valence-electron chi connectivity index (χ4n) is 3.51. The molecule has 5 heteroatoms. The fourth-order valence-corrected chi connectivity index (χ4v) is 3.51. The molecule has 1 N–H and O–H groups in total. The molecule has 1 fully saturated rings. The first-order valence-corrected chi connectivity index (χ1v) is 10.2. The predicted octanol–water partition coefficient (Wildman–Crippen LogP) is 4.06. The van der Waals surface area contributed by atoms with Crippen LogP contribution in [0.15, 0.2) is 42.7 Å².